The van der Waals surface area contributed by atoms with Crippen molar-refractivity contribution in [2.24, 2.45) is 0 Å². The smallest absolute Gasteiger partial charge is 0.231 e. The number of aromatic nitrogens is 4. The molecule has 0 spiro atoms. The van der Waals surface area contributed by atoms with Crippen molar-refractivity contribution in [2.75, 3.05) is 5.33 Å². The Kier molecular flexibility index (Phi) is 2.96. The maximum absolute atomic E-state index is 10.7. The van der Waals surface area contributed by atoms with Gasteiger partial charge < -0.3 is 5.32 Å². The van der Waals surface area contributed by atoms with E-state index in [0.29, 0.717) is 12.4 Å². The lowest BCUT2D eigenvalue weighted by molar-refractivity contribution is -0.118. The molecule has 60 valence electrons. The van der Waals surface area contributed by atoms with Crippen LogP contribution >= 0.6 is 15.9 Å². The summed E-state index contributed by atoms with van der Waals surface area (Å²) in [6, 6.07) is 0. The van der Waals surface area contributed by atoms with Crippen molar-refractivity contribution in [3.8, 4) is 0 Å². The molecule has 0 radical (unpaired) electrons. The van der Waals surface area contributed by atoms with E-state index in [2.05, 4.69) is 41.9 Å². The first kappa shape index (κ1) is 8.12. The molecule has 7 heteroatoms. The molecule has 0 bridgehead atoms. The third-order valence-electron chi connectivity index (χ3n) is 0.954. The third kappa shape index (κ3) is 2.62. The van der Waals surface area contributed by atoms with E-state index in [1.807, 2.05) is 0 Å². The number of nitrogens with one attached hydrogen (secondary N) is 2. The Hall–Kier alpha value is -0.980. The average Bonchev–Trinajstić information content (AvgIpc) is 2.52. The van der Waals surface area contributed by atoms with Crippen LogP contribution in [0.3, 0.4) is 0 Å². The fourth-order valence-corrected chi connectivity index (χ4v) is 0.681. The Balaban J connectivity index is 2.29. The molecule has 11 heavy (non-hydrogen) atoms. The Morgan fingerprint density at radius 3 is 3.09 bits per heavy atom. The van der Waals surface area contributed by atoms with Crippen LogP contribution in [0.4, 0.5) is 0 Å². The lowest BCUT2D eigenvalue weighted by atomic mass is 10.6. The number of alkyl halides is 1. The summed E-state index contributed by atoms with van der Waals surface area (Å²) in [5.74, 6) is 0.370. The predicted molar refractivity (Wildman–Crippen MR) is 39.8 cm³/mol. The van der Waals surface area contributed by atoms with Crippen molar-refractivity contribution >= 4 is 21.8 Å². The lowest BCUT2D eigenvalue weighted by Crippen LogP contribution is -2.24. The van der Waals surface area contributed by atoms with Crippen molar-refractivity contribution in [1.29, 1.82) is 0 Å². The second-order valence-electron chi connectivity index (χ2n) is 1.74. The van der Waals surface area contributed by atoms with Crippen molar-refractivity contribution in [3.05, 3.63) is 5.82 Å². The van der Waals surface area contributed by atoms with Gasteiger partial charge in [-0.3, -0.25) is 4.79 Å². The van der Waals surface area contributed by atoms with Crippen molar-refractivity contribution in [3.63, 3.8) is 0 Å². The highest BCUT2D eigenvalue weighted by Crippen LogP contribution is 1.83. The number of nitrogens with zero attached hydrogens (tertiary/aromatic N) is 3. The van der Waals surface area contributed by atoms with Crippen LogP contribution in [0.25, 0.3) is 0 Å². The number of hydrogen-bond donors (Lipinski definition) is 2. The fraction of sp³-hybridized carbons (Fsp3) is 0.500. The summed E-state index contributed by atoms with van der Waals surface area (Å²) in [4.78, 5) is 10.7. The van der Waals surface area contributed by atoms with E-state index in [1.165, 1.54) is 0 Å². The quantitative estimate of drug-likeness (QED) is 0.654. The zero-order chi connectivity index (χ0) is 8.10. The highest BCUT2D eigenvalue weighted by molar-refractivity contribution is 9.09. The van der Waals surface area contributed by atoms with E-state index in [-0.39, 0.29) is 11.2 Å². The first-order chi connectivity index (χ1) is 5.33. The molecular formula is C4H6BrN5O. The number of carbonyl (C=O) groups excluding carboxylic acids is 1. The van der Waals surface area contributed by atoms with Gasteiger partial charge in [0.15, 0.2) is 5.82 Å². The summed E-state index contributed by atoms with van der Waals surface area (Å²) in [7, 11) is 0. The van der Waals surface area contributed by atoms with Crippen molar-refractivity contribution in [1.82, 2.24) is 25.9 Å². The van der Waals surface area contributed by atoms with Gasteiger partial charge in [0, 0.05) is 0 Å². The highest BCUT2D eigenvalue weighted by Gasteiger charge is 2.00. The van der Waals surface area contributed by atoms with Crippen LogP contribution in [0.1, 0.15) is 5.82 Å². The molecule has 0 aliphatic rings. The van der Waals surface area contributed by atoms with Crippen LogP contribution in [0.5, 0.6) is 0 Å². The minimum absolute atomic E-state index is 0.102. The number of carbonyl (C=O) groups is 1. The van der Waals surface area contributed by atoms with Gasteiger partial charge in [-0.05, 0) is 0 Å². The molecule has 1 heterocycles. The van der Waals surface area contributed by atoms with Gasteiger partial charge in [-0.15, -0.1) is 10.2 Å². The van der Waals surface area contributed by atoms with Crippen LogP contribution in [0.15, 0.2) is 0 Å². The molecule has 0 saturated heterocycles. The molecule has 1 aromatic rings. The second-order valence-corrected chi connectivity index (χ2v) is 2.30. The van der Waals surface area contributed by atoms with E-state index in [0.717, 1.165) is 0 Å². The molecule has 6 nitrogen and oxygen atoms in total. The van der Waals surface area contributed by atoms with E-state index in [1.54, 1.807) is 0 Å². The number of tetrazole rings is 1. The number of aromatic amines is 1. The summed E-state index contributed by atoms with van der Waals surface area (Å²) in [6.45, 7) is 0.306. The molecule has 0 aliphatic carbocycles. The average molecular weight is 220 g/mol. The van der Waals surface area contributed by atoms with E-state index in [4.69, 9.17) is 0 Å². The van der Waals surface area contributed by atoms with Crippen LogP contribution < -0.4 is 5.32 Å². The maximum Gasteiger partial charge on any atom is 0.231 e. The lowest BCUT2D eigenvalue weighted by Gasteiger charge is -1.95. The molecule has 0 atom stereocenters. The molecule has 0 fully saturated rings. The van der Waals surface area contributed by atoms with Gasteiger partial charge in [-0.1, -0.05) is 21.1 Å². The Morgan fingerprint density at radius 1 is 1.73 bits per heavy atom. The Bertz CT molecular complexity index is 222. The minimum Gasteiger partial charge on any atom is -0.348 e. The zero-order valence-corrected chi connectivity index (χ0v) is 7.13. The number of amides is 1. The number of H-pyrrole nitrogens is 1. The third-order valence-corrected chi connectivity index (χ3v) is 1.46. The van der Waals surface area contributed by atoms with Gasteiger partial charge in [0.25, 0.3) is 0 Å². The highest BCUT2D eigenvalue weighted by atomic mass is 79.9. The molecule has 0 aliphatic heterocycles. The maximum atomic E-state index is 10.7. The molecular weight excluding hydrogens is 214 g/mol. The summed E-state index contributed by atoms with van der Waals surface area (Å²) in [5, 5.41) is 15.7. The second kappa shape index (κ2) is 4.02. The molecule has 0 saturated carbocycles. The van der Waals surface area contributed by atoms with Crippen LogP contribution in [0, 0.1) is 0 Å². The Labute approximate surface area is 70.9 Å². The molecule has 0 unspecified atom stereocenters. The zero-order valence-electron chi connectivity index (χ0n) is 5.54. The predicted octanol–water partition coefficient (Wildman–Crippen LogP) is -0.789. The molecule has 1 amide bonds. The summed E-state index contributed by atoms with van der Waals surface area (Å²) >= 11 is 3.00. The number of halogens is 1. The van der Waals surface area contributed by atoms with Gasteiger partial charge in [0.1, 0.15) is 0 Å². The normalized spacial score (nSPS) is 9.55. The van der Waals surface area contributed by atoms with Crippen molar-refractivity contribution < 1.29 is 4.79 Å². The summed E-state index contributed by atoms with van der Waals surface area (Å²) in [6.07, 6.45) is 0. The molecule has 1 aromatic heterocycles. The summed E-state index contributed by atoms with van der Waals surface area (Å²) < 4.78 is 0. The van der Waals surface area contributed by atoms with Gasteiger partial charge in [-0.2, -0.15) is 5.21 Å². The van der Waals surface area contributed by atoms with E-state index < -0.39 is 0 Å². The SMILES string of the molecule is O=C(CBr)NCc1nn[nH]n1. The van der Waals surface area contributed by atoms with Crippen LogP contribution in [-0.4, -0.2) is 31.9 Å². The van der Waals surface area contributed by atoms with Gasteiger partial charge in [0.05, 0.1) is 11.9 Å². The molecule has 0 aromatic carbocycles. The first-order valence-corrected chi connectivity index (χ1v) is 4.00. The first-order valence-electron chi connectivity index (χ1n) is 2.88. The fourth-order valence-electron chi connectivity index (χ4n) is 0.482. The van der Waals surface area contributed by atoms with E-state index >= 15 is 0 Å². The molecule has 1 rings (SSSR count). The Morgan fingerprint density at radius 2 is 2.55 bits per heavy atom. The number of hydrogen-bond acceptors (Lipinski definition) is 4. The van der Waals surface area contributed by atoms with Crippen molar-refractivity contribution in [2.45, 2.75) is 6.54 Å². The van der Waals surface area contributed by atoms with Crippen LogP contribution in [0.2, 0.25) is 0 Å². The molecule has 2 N–H and O–H groups in total. The number of rotatable bonds is 3. The standard InChI is InChI=1S/C4H6BrN5O/c5-1-4(11)6-2-3-7-9-10-8-3/h1-2H2,(H,6,11)(H,7,8,9,10). The van der Waals surface area contributed by atoms with E-state index in [9.17, 15) is 4.79 Å². The largest absolute Gasteiger partial charge is 0.348 e. The monoisotopic (exact) mass is 219 g/mol. The summed E-state index contributed by atoms with van der Waals surface area (Å²) in [5.41, 5.74) is 0. The van der Waals surface area contributed by atoms with Gasteiger partial charge >= 0.3 is 0 Å². The topological polar surface area (TPSA) is 83.6 Å². The minimum atomic E-state index is -0.102. The van der Waals surface area contributed by atoms with Crippen LogP contribution in [-0.2, 0) is 11.3 Å². The van der Waals surface area contributed by atoms with Gasteiger partial charge in [-0.25, -0.2) is 0 Å². The van der Waals surface area contributed by atoms with Gasteiger partial charge in [0.2, 0.25) is 5.91 Å².